The summed E-state index contributed by atoms with van der Waals surface area (Å²) in [6.45, 7) is 1.40. The van der Waals surface area contributed by atoms with E-state index < -0.39 is 29.6 Å². The highest BCUT2D eigenvalue weighted by molar-refractivity contribution is 6.42. The number of nitrogens with zero attached hydrogens (tertiary/aromatic N) is 5. The number of benzene rings is 3. The maximum absolute atomic E-state index is 13.7. The molecule has 1 aliphatic heterocycles. The quantitative estimate of drug-likeness (QED) is 0.183. The molecule has 1 amide bonds. The molecule has 0 unspecified atom stereocenters. The van der Waals surface area contributed by atoms with Gasteiger partial charge in [-0.2, -0.15) is 10.2 Å². The number of aromatic nitrogens is 5. The van der Waals surface area contributed by atoms with E-state index in [2.05, 4.69) is 20.5 Å². The number of carbonyl (C=O) groups is 1. The Labute approximate surface area is 280 Å². The molecule has 6 rings (SSSR count). The van der Waals surface area contributed by atoms with E-state index in [1.54, 1.807) is 41.3 Å². The summed E-state index contributed by atoms with van der Waals surface area (Å²) in [5.41, 5.74) is 0.916. The number of carbonyl (C=O) groups excluding carboxylic acids is 1. The average molecular weight is 714 g/mol. The minimum Gasteiger partial charge on any atom is -0.342 e. The van der Waals surface area contributed by atoms with Crippen LogP contribution in [0.5, 0.6) is 0 Å². The minimum atomic E-state index is -2.92. The Morgan fingerprint density at radius 1 is 1.00 bits per heavy atom. The number of aryl methyl sites for hydroxylation is 1. The van der Waals surface area contributed by atoms with Gasteiger partial charge in [-0.3, -0.25) is 9.48 Å². The predicted molar refractivity (Wildman–Crippen MR) is 168 cm³/mol. The number of hydrogen-bond donors (Lipinski definition) is 1. The number of hydrogen-bond acceptors (Lipinski definition) is 6. The topological polar surface area (TPSA) is 96.1 Å². The van der Waals surface area contributed by atoms with Crippen LogP contribution in [0.3, 0.4) is 0 Å². The fourth-order valence-electron chi connectivity index (χ4n) is 4.68. The van der Waals surface area contributed by atoms with Gasteiger partial charge in [-0.15, -0.1) is 0 Å². The minimum absolute atomic E-state index is 0.0995. The lowest BCUT2D eigenvalue weighted by Crippen LogP contribution is -2.33. The molecule has 0 aliphatic carbocycles. The molecular weight excluding hydrogens is 691 g/mol. The van der Waals surface area contributed by atoms with Crippen LogP contribution in [-0.4, -0.2) is 43.7 Å². The average Bonchev–Trinajstić information content (AvgIpc) is 3.78. The summed E-state index contributed by atoms with van der Waals surface area (Å²) in [7, 11) is 1.42. The predicted octanol–water partition coefficient (Wildman–Crippen LogP) is 8.21. The van der Waals surface area contributed by atoms with E-state index >= 15 is 0 Å². The van der Waals surface area contributed by atoms with Gasteiger partial charge in [-0.05, 0) is 48.0 Å². The number of amides is 1. The van der Waals surface area contributed by atoms with Crippen LogP contribution in [0.15, 0.2) is 73.4 Å². The van der Waals surface area contributed by atoms with Crippen molar-refractivity contribution < 1.29 is 27.4 Å². The van der Waals surface area contributed by atoms with E-state index in [1.807, 2.05) is 6.07 Å². The van der Waals surface area contributed by atoms with Gasteiger partial charge < -0.3 is 14.8 Å². The zero-order valence-electron chi connectivity index (χ0n) is 23.7. The summed E-state index contributed by atoms with van der Waals surface area (Å²) in [6.07, 6.45) is 1.33. The van der Waals surface area contributed by atoms with Gasteiger partial charge in [0.15, 0.2) is 0 Å². The highest BCUT2D eigenvalue weighted by Crippen LogP contribution is 2.38. The Morgan fingerprint density at radius 2 is 1.76 bits per heavy atom. The highest BCUT2D eigenvalue weighted by atomic mass is 35.5. The molecule has 46 heavy (non-hydrogen) atoms. The lowest BCUT2D eigenvalue weighted by molar-refractivity contribution is -0.177. The second-order valence-electron chi connectivity index (χ2n) is 9.84. The van der Waals surface area contributed by atoms with E-state index in [9.17, 15) is 18.0 Å². The summed E-state index contributed by atoms with van der Waals surface area (Å²) < 4.78 is 54.2. The third-order valence-electron chi connectivity index (χ3n) is 6.70. The van der Waals surface area contributed by atoms with Crippen LogP contribution in [0.4, 0.5) is 18.9 Å². The SMILES string of the molecule is Clc1ccc(C2(Cn3cncn3)OCCO2)c(Cl)c1.Cn1cc(C(=O)Nc2cc(F)ccc2-c2ccc(Cl)c(Cl)c2)c(C(F)F)n1. The van der Waals surface area contributed by atoms with Crippen molar-refractivity contribution in [2.45, 2.75) is 18.8 Å². The van der Waals surface area contributed by atoms with Gasteiger partial charge in [-0.1, -0.05) is 58.5 Å². The second-order valence-corrected chi connectivity index (χ2v) is 11.5. The van der Waals surface area contributed by atoms with Crippen LogP contribution < -0.4 is 5.32 Å². The normalized spacial score (nSPS) is 13.8. The molecule has 0 spiro atoms. The molecule has 0 saturated carbocycles. The Bertz CT molecular complexity index is 1850. The molecule has 0 radical (unpaired) electrons. The number of anilines is 1. The Balaban J connectivity index is 0.000000192. The zero-order chi connectivity index (χ0) is 33.0. The van der Waals surface area contributed by atoms with Gasteiger partial charge in [0, 0.05) is 29.4 Å². The molecule has 240 valence electrons. The fraction of sp³-hybridized carbons (Fsp3) is 0.200. The molecule has 1 N–H and O–H groups in total. The van der Waals surface area contributed by atoms with Gasteiger partial charge in [0.25, 0.3) is 12.3 Å². The van der Waals surface area contributed by atoms with Crippen LogP contribution in [0.2, 0.25) is 20.1 Å². The number of halogens is 7. The molecule has 3 heterocycles. The largest absolute Gasteiger partial charge is 0.342 e. The first-order valence-corrected chi connectivity index (χ1v) is 14.9. The Hall–Kier alpha value is -3.65. The third kappa shape index (κ3) is 7.65. The second kappa shape index (κ2) is 14.4. The summed E-state index contributed by atoms with van der Waals surface area (Å²) in [5, 5.41) is 11.8. The van der Waals surface area contributed by atoms with E-state index in [0.717, 1.165) is 16.3 Å². The smallest absolute Gasteiger partial charge is 0.282 e. The number of alkyl halides is 2. The molecule has 16 heteroatoms. The van der Waals surface area contributed by atoms with Crippen molar-refractivity contribution in [2.24, 2.45) is 7.05 Å². The van der Waals surface area contributed by atoms with E-state index in [-0.39, 0.29) is 16.3 Å². The maximum atomic E-state index is 13.7. The highest BCUT2D eigenvalue weighted by Gasteiger charge is 2.41. The summed E-state index contributed by atoms with van der Waals surface area (Å²) in [5.74, 6) is -2.37. The van der Waals surface area contributed by atoms with Crippen molar-refractivity contribution in [1.29, 1.82) is 0 Å². The first-order valence-electron chi connectivity index (χ1n) is 13.4. The lowest BCUT2D eigenvalue weighted by atomic mass is 10.0. The molecule has 9 nitrogen and oxygen atoms in total. The summed E-state index contributed by atoms with van der Waals surface area (Å²) in [6, 6.07) is 13.8. The summed E-state index contributed by atoms with van der Waals surface area (Å²) in [4.78, 5) is 16.4. The van der Waals surface area contributed by atoms with Crippen LogP contribution >= 0.6 is 46.4 Å². The molecule has 1 aliphatic rings. The summed E-state index contributed by atoms with van der Waals surface area (Å²) >= 11 is 24.1. The Morgan fingerprint density at radius 3 is 2.41 bits per heavy atom. The molecule has 2 aromatic heterocycles. The third-order valence-corrected chi connectivity index (χ3v) is 7.99. The standard InChI is InChI=1S/C18H12Cl2F3N3O.C12H11Cl2N3O2/c1-26-8-12(16(25-26)17(22)23)18(27)24-15-7-10(21)3-4-11(15)9-2-5-13(19)14(20)6-9;13-9-1-2-10(11(14)5-9)12(18-3-4-19-12)6-17-8-15-7-16-17/h2-8,17H,1H3,(H,24,27);1-2,5,7-8H,3-4,6H2. The van der Waals surface area contributed by atoms with Crippen LogP contribution in [0.25, 0.3) is 11.1 Å². The van der Waals surface area contributed by atoms with E-state index in [0.29, 0.717) is 46.0 Å². The first-order chi connectivity index (χ1) is 22.0. The zero-order valence-corrected chi connectivity index (χ0v) is 26.8. The van der Waals surface area contributed by atoms with Crippen molar-refractivity contribution >= 4 is 58.0 Å². The van der Waals surface area contributed by atoms with Gasteiger partial charge in [-0.25, -0.2) is 22.8 Å². The van der Waals surface area contributed by atoms with Crippen LogP contribution in [-0.2, 0) is 28.9 Å². The molecule has 5 aromatic rings. The number of nitrogens with one attached hydrogen (secondary N) is 1. The molecule has 1 saturated heterocycles. The van der Waals surface area contributed by atoms with Gasteiger partial charge in [0.2, 0.25) is 5.79 Å². The molecule has 0 atom stereocenters. The van der Waals surface area contributed by atoms with E-state index in [1.165, 1.54) is 31.7 Å². The van der Waals surface area contributed by atoms with E-state index in [4.69, 9.17) is 55.9 Å². The first kappa shape index (κ1) is 33.7. The van der Waals surface area contributed by atoms with Gasteiger partial charge in [0.05, 0.1) is 39.5 Å². The molecule has 0 bridgehead atoms. The van der Waals surface area contributed by atoms with Crippen molar-refractivity contribution in [3.8, 4) is 11.1 Å². The molecule has 3 aromatic carbocycles. The van der Waals surface area contributed by atoms with Crippen molar-refractivity contribution in [3.05, 3.63) is 116 Å². The van der Waals surface area contributed by atoms with Gasteiger partial charge in [0.1, 0.15) is 30.7 Å². The van der Waals surface area contributed by atoms with Crippen LogP contribution in [0.1, 0.15) is 28.0 Å². The number of rotatable bonds is 7. The van der Waals surface area contributed by atoms with Crippen molar-refractivity contribution in [2.75, 3.05) is 18.5 Å². The Kier molecular flexibility index (Phi) is 10.6. The van der Waals surface area contributed by atoms with Crippen LogP contribution in [0, 0.1) is 5.82 Å². The van der Waals surface area contributed by atoms with Crippen molar-refractivity contribution in [1.82, 2.24) is 24.5 Å². The maximum Gasteiger partial charge on any atom is 0.282 e. The number of ether oxygens (including phenoxy) is 2. The van der Waals surface area contributed by atoms with Gasteiger partial charge >= 0.3 is 0 Å². The molecule has 1 fully saturated rings. The molecular formula is C30H23Cl4F3N6O3. The fourth-order valence-corrected chi connectivity index (χ4v) is 5.53. The lowest BCUT2D eigenvalue weighted by Gasteiger charge is -2.28. The van der Waals surface area contributed by atoms with Crippen molar-refractivity contribution in [3.63, 3.8) is 0 Å². The monoisotopic (exact) mass is 712 g/mol.